The van der Waals surface area contributed by atoms with Gasteiger partial charge in [0.15, 0.2) is 0 Å². The lowest BCUT2D eigenvalue weighted by atomic mass is 9.78. The zero-order valence-electron chi connectivity index (χ0n) is 18.5. The van der Waals surface area contributed by atoms with E-state index < -0.39 is 11.7 Å². The number of likely N-dealkylation sites (tertiary alicyclic amines) is 1. The van der Waals surface area contributed by atoms with Crippen molar-refractivity contribution in [3.63, 3.8) is 0 Å². The first-order valence-corrected chi connectivity index (χ1v) is 11.3. The van der Waals surface area contributed by atoms with E-state index in [9.17, 15) is 18.0 Å². The van der Waals surface area contributed by atoms with Crippen LogP contribution in [0.3, 0.4) is 0 Å². The summed E-state index contributed by atoms with van der Waals surface area (Å²) in [6.07, 6.45) is 1.83. The van der Waals surface area contributed by atoms with Crippen LogP contribution in [0, 0.1) is 11.8 Å². The van der Waals surface area contributed by atoms with E-state index in [1.807, 2.05) is 0 Å². The molecule has 32 heavy (non-hydrogen) atoms. The van der Waals surface area contributed by atoms with Crippen molar-refractivity contribution in [2.24, 2.45) is 11.8 Å². The molecule has 2 fully saturated rings. The van der Waals surface area contributed by atoms with Crippen LogP contribution < -0.4 is 10.6 Å². The van der Waals surface area contributed by atoms with E-state index in [2.05, 4.69) is 39.3 Å². The summed E-state index contributed by atoms with van der Waals surface area (Å²) in [7, 11) is 0. The number of aromatic nitrogens is 2. The second-order valence-electron chi connectivity index (χ2n) is 9.34. The summed E-state index contributed by atoms with van der Waals surface area (Å²) in [6.45, 7) is 6.25. The van der Waals surface area contributed by atoms with Gasteiger partial charge in [-0.3, -0.25) is 9.69 Å². The van der Waals surface area contributed by atoms with Gasteiger partial charge >= 0.3 is 6.18 Å². The van der Waals surface area contributed by atoms with Crippen LogP contribution in [0.1, 0.15) is 45.1 Å². The lowest BCUT2D eigenvalue weighted by Gasteiger charge is -2.47. The molecule has 1 saturated heterocycles. The zero-order chi connectivity index (χ0) is 22.9. The van der Waals surface area contributed by atoms with Crippen molar-refractivity contribution in [3.05, 3.63) is 30.1 Å². The molecule has 1 aliphatic carbocycles. The molecule has 0 radical (unpaired) electrons. The molecule has 1 aliphatic heterocycles. The maximum Gasteiger partial charge on any atom is 0.416 e. The van der Waals surface area contributed by atoms with Gasteiger partial charge in [0, 0.05) is 24.5 Å². The van der Waals surface area contributed by atoms with Gasteiger partial charge in [-0.05, 0) is 55.7 Å². The van der Waals surface area contributed by atoms with Crippen molar-refractivity contribution in [1.29, 1.82) is 0 Å². The number of carbonyl (C=O) groups is 1. The number of benzene rings is 1. The summed E-state index contributed by atoms with van der Waals surface area (Å²) < 4.78 is 39.1. The first-order valence-electron chi connectivity index (χ1n) is 11.3. The average molecular weight is 450 g/mol. The van der Waals surface area contributed by atoms with E-state index in [1.165, 1.54) is 38.1 Å². The molecule has 9 heteroatoms. The van der Waals surface area contributed by atoms with Crippen molar-refractivity contribution in [1.82, 2.24) is 20.2 Å². The molecule has 0 spiro atoms. The number of hydrogen-bond acceptors (Lipinski definition) is 5. The second kappa shape index (κ2) is 9.21. The van der Waals surface area contributed by atoms with Crippen molar-refractivity contribution in [2.45, 2.75) is 57.8 Å². The number of carbonyl (C=O) groups excluding carboxylic acids is 1. The zero-order valence-corrected chi connectivity index (χ0v) is 18.5. The molecule has 0 unspecified atom stereocenters. The van der Waals surface area contributed by atoms with Crippen molar-refractivity contribution < 1.29 is 18.0 Å². The molecule has 1 amide bonds. The van der Waals surface area contributed by atoms with Gasteiger partial charge in [-0.15, -0.1) is 0 Å². The largest absolute Gasteiger partial charge is 0.416 e. The predicted octanol–water partition coefficient (Wildman–Crippen LogP) is 4.08. The lowest BCUT2D eigenvalue weighted by molar-refractivity contribution is -0.137. The number of amides is 1. The minimum absolute atomic E-state index is 0.0572. The van der Waals surface area contributed by atoms with E-state index in [1.54, 1.807) is 0 Å². The number of nitrogens with one attached hydrogen (secondary N) is 2. The van der Waals surface area contributed by atoms with Crippen LogP contribution in [-0.2, 0) is 11.0 Å². The number of rotatable bonds is 6. The Kier molecular flexibility index (Phi) is 6.55. The Balaban J connectivity index is 1.26. The highest BCUT2D eigenvalue weighted by Crippen LogP contribution is 2.34. The van der Waals surface area contributed by atoms with Gasteiger partial charge in [0.2, 0.25) is 5.91 Å². The topological polar surface area (TPSA) is 70.2 Å². The molecule has 2 aromatic rings. The van der Waals surface area contributed by atoms with Crippen LogP contribution in [0.25, 0.3) is 10.9 Å². The van der Waals surface area contributed by atoms with Gasteiger partial charge in [0.05, 0.1) is 23.7 Å². The minimum atomic E-state index is -4.46. The monoisotopic (exact) mass is 449 g/mol. The van der Waals surface area contributed by atoms with E-state index in [0.717, 1.165) is 37.1 Å². The normalized spacial score (nSPS) is 22.7. The smallest absolute Gasteiger partial charge is 0.360 e. The summed E-state index contributed by atoms with van der Waals surface area (Å²) in [5.74, 6) is 1.60. The van der Waals surface area contributed by atoms with E-state index in [0.29, 0.717) is 11.6 Å². The number of fused-ring (bicyclic) bond motifs is 1. The van der Waals surface area contributed by atoms with Crippen LogP contribution in [0.2, 0.25) is 0 Å². The highest BCUT2D eigenvalue weighted by atomic mass is 19.4. The van der Waals surface area contributed by atoms with Gasteiger partial charge in [-0.2, -0.15) is 13.2 Å². The molecule has 2 heterocycles. The molecular formula is C23H30F3N5O. The first-order chi connectivity index (χ1) is 15.2. The number of halogens is 3. The fraction of sp³-hybridized carbons (Fsp3) is 0.609. The number of anilines is 1. The Morgan fingerprint density at radius 2 is 1.88 bits per heavy atom. The first kappa shape index (κ1) is 22.8. The molecule has 6 nitrogen and oxygen atoms in total. The van der Waals surface area contributed by atoms with E-state index in [4.69, 9.17) is 0 Å². The van der Waals surface area contributed by atoms with Gasteiger partial charge in [0.25, 0.3) is 0 Å². The van der Waals surface area contributed by atoms with Crippen LogP contribution in [-0.4, -0.2) is 52.5 Å². The highest BCUT2D eigenvalue weighted by Gasteiger charge is 2.35. The van der Waals surface area contributed by atoms with Crippen molar-refractivity contribution in [2.75, 3.05) is 25.0 Å². The quantitative estimate of drug-likeness (QED) is 0.696. The van der Waals surface area contributed by atoms with Gasteiger partial charge < -0.3 is 10.6 Å². The third kappa shape index (κ3) is 5.14. The molecule has 1 aromatic carbocycles. The third-order valence-corrected chi connectivity index (χ3v) is 6.85. The Hall–Kier alpha value is -2.42. The van der Waals surface area contributed by atoms with Crippen LogP contribution >= 0.6 is 0 Å². The summed E-state index contributed by atoms with van der Waals surface area (Å²) in [6, 6.07) is 4.04. The van der Waals surface area contributed by atoms with E-state index in [-0.39, 0.29) is 29.7 Å². The molecule has 174 valence electrons. The molecule has 1 saturated carbocycles. The average Bonchev–Trinajstić information content (AvgIpc) is 2.73. The van der Waals surface area contributed by atoms with Crippen LogP contribution in [0.5, 0.6) is 0 Å². The summed E-state index contributed by atoms with van der Waals surface area (Å²) in [5, 5.41) is 6.10. The Morgan fingerprint density at radius 1 is 1.16 bits per heavy atom. The fourth-order valence-corrected chi connectivity index (χ4v) is 4.85. The van der Waals surface area contributed by atoms with Crippen LogP contribution in [0.15, 0.2) is 24.5 Å². The maximum atomic E-state index is 13.0. The molecular weight excluding hydrogens is 419 g/mol. The second-order valence-corrected chi connectivity index (χ2v) is 9.34. The van der Waals surface area contributed by atoms with Crippen molar-refractivity contribution >= 4 is 22.6 Å². The van der Waals surface area contributed by atoms with Gasteiger partial charge in [-0.25, -0.2) is 9.97 Å². The highest BCUT2D eigenvalue weighted by molar-refractivity contribution is 5.91. The molecule has 0 bridgehead atoms. The SMILES string of the molecule is CC(C)[C@H]1CC[C@@H](N2CC(NC(=O)CNc3ncnc4ccc(C(F)(F)F)cc34)C2)CC1. The third-order valence-electron chi connectivity index (χ3n) is 6.85. The maximum absolute atomic E-state index is 13.0. The number of hydrogen-bond donors (Lipinski definition) is 2. The Bertz CT molecular complexity index is 950. The summed E-state index contributed by atoms with van der Waals surface area (Å²) in [4.78, 5) is 22.9. The standard InChI is InChI=1S/C23H30F3N5O/c1-14(2)15-3-6-18(7-4-15)31-11-17(12-31)30-21(32)10-27-22-19-9-16(23(24,25)26)5-8-20(19)28-13-29-22/h5,8-9,13-15,17-18H,3-4,6-7,10-12H2,1-2H3,(H,30,32)(H,27,28,29)/t15-,18+. The Morgan fingerprint density at radius 3 is 2.53 bits per heavy atom. The van der Waals surface area contributed by atoms with Crippen LogP contribution in [0.4, 0.5) is 19.0 Å². The van der Waals surface area contributed by atoms with Gasteiger partial charge in [0.1, 0.15) is 12.1 Å². The summed E-state index contributed by atoms with van der Waals surface area (Å²) in [5.41, 5.74) is -0.387. The van der Waals surface area contributed by atoms with Gasteiger partial charge in [-0.1, -0.05) is 13.8 Å². The lowest BCUT2D eigenvalue weighted by Crippen LogP contribution is -2.63. The molecule has 1 aromatic heterocycles. The molecule has 2 aliphatic rings. The predicted molar refractivity (Wildman–Crippen MR) is 117 cm³/mol. The minimum Gasteiger partial charge on any atom is -0.360 e. The molecule has 2 N–H and O–H groups in total. The number of nitrogens with zero attached hydrogens (tertiary/aromatic N) is 3. The molecule has 0 atom stereocenters. The van der Waals surface area contributed by atoms with E-state index >= 15 is 0 Å². The fourth-order valence-electron chi connectivity index (χ4n) is 4.85. The number of alkyl halides is 3. The summed E-state index contributed by atoms with van der Waals surface area (Å²) >= 11 is 0. The van der Waals surface area contributed by atoms with Crippen molar-refractivity contribution in [3.8, 4) is 0 Å². The molecule has 4 rings (SSSR count). The Labute approximate surface area is 186 Å².